The highest BCUT2D eigenvalue weighted by Crippen LogP contribution is 2.35. The van der Waals surface area contributed by atoms with Crippen LogP contribution in [0.4, 0.5) is 0 Å². The molecule has 0 aromatic heterocycles. The molecule has 2 fully saturated rings. The Balaban J connectivity index is 1.88. The first-order chi connectivity index (χ1) is 9.09. The van der Waals surface area contributed by atoms with Crippen molar-refractivity contribution in [3.05, 3.63) is 23.8 Å². The second-order valence-electron chi connectivity index (χ2n) is 4.97. The number of nitrogens with one attached hydrogen (secondary N) is 1. The second kappa shape index (κ2) is 4.54. The molecular formula is C13H14N2O3S. The van der Waals surface area contributed by atoms with Crippen molar-refractivity contribution < 1.29 is 14.7 Å². The molecule has 0 aromatic rings. The molecule has 2 saturated heterocycles. The van der Waals surface area contributed by atoms with E-state index in [0.29, 0.717) is 23.4 Å². The summed E-state index contributed by atoms with van der Waals surface area (Å²) in [7, 11) is 0. The third kappa shape index (κ3) is 1.91. The standard InChI is InChI=1S/C13H14N2O3S/c16-10-6-5-9(11(17)14-10)15-12(18)7-3-1-2-4-8(7)13(15)19/h1-3,8-9,11,17H,4-6H2,(H,14,16). The van der Waals surface area contributed by atoms with Gasteiger partial charge in [0.2, 0.25) is 5.91 Å². The minimum absolute atomic E-state index is 0.0580. The molecule has 3 atom stereocenters. The number of aliphatic hydroxyl groups is 1. The van der Waals surface area contributed by atoms with Crippen LogP contribution < -0.4 is 5.32 Å². The van der Waals surface area contributed by atoms with Gasteiger partial charge in [-0.2, -0.15) is 0 Å². The number of rotatable bonds is 1. The zero-order chi connectivity index (χ0) is 13.6. The lowest BCUT2D eigenvalue weighted by molar-refractivity contribution is -0.135. The lowest BCUT2D eigenvalue weighted by Crippen LogP contribution is -2.56. The molecule has 3 rings (SSSR count). The number of thiocarbonyl (C=S) groups is 1. The van der Waals surface area contributed by atoms with E-state index in [2.05, 4.69) is 5.32 Å². The van der Waals surface area contributed by atoms with Crippen molar-refractivity contribution >= 4 is 29.0 Å². The van der Waals surface area contributed by atoms with E-state index >= 15 is 0 Å². The van der Waals surface area contributed by atoms with Gasteiger partial charge in [0.15, 0.2) is 0 Å². The topological polar surface area (TPSA) is 69.6 Å². The summed E-state index contributed by atoms with van der Waals surface area (Å²) in [5.41, 5.74) is 0.691. The van der Waals surface area contributed by atoms with Gasteiger partial charge >= 0.3 is 0 Å². The van der Waals surface area contributed by atoms with Crippen LogP contribution in [0, 0.1) is 5.92 Å². The van der Waals surface area contributed by atoms with Crippen molar-refractivity contribution in [2.24, 2.45) is 5.92 Å². The average molecular weight is 278 g/mol. The molecule has 2 N–H and O–H groups in total. The summed E-state index contributed by atoms with van der Waals surface area (Å²) in [5, 5.41) is 12.4. The second-order valence-corrected chi connectivity index (χ2v) is 5.39. The number of carbonyl (C=O) groups is 2. The summed E-state index contributed by atoms with van der Waals surface area (Å²) < 4.78 is 0. The molecule has 19 heavy (non-hydrogen) atoms. The van der Waals surface area contributed by atoms with Crippen molar-refractivity contribution in [2.45, 2.75) is 31.5 Å². The number of amides is 2. The zero-order valence-corrected chi connectivity index (χ0v) is 11.0. The predicted octanol–water partition coefficient (Wildman–Crippen LogP) is 0.256. The Labute approximate surface area is 116 Å². The number of piperidine rings is 1. The molecule has 2 aliphatic heterocycles. The van der Waals surface area contributed by atoms with Crippen LogP contribution >= 0.6 is 12.2 Å². The number of hydrogen-bond acceptors (Lipinski definition) is 4. The minimum atomic E-state index is -1.04. The third-order valence-corrected chi connectivity index (χ3v) is 4.31. The monoisotopic (exact) mass is 278 g/mol. The molecule has 1 aliphatic carbocycles. The lowest BCUT2D eigenvalue weighted by atomic mass is 9.94. The third-order valence-electron chi connectivity index (χ3n) is 3.83. The van der Waals surface area contributed by atoms with Crippen LogP contribution in [0.25, 0.3) is 0 Å². The Morgan fingerprint density at radius 2 is 2.21 bits per heavy atom. The van der Waals surface area contributed by atoms with Gasteiger partial charge < -0.3 is 10.4 Å². The van der Waals surface area contributed by atoms with Crippen LogP contribution in [0.15, 0.2) is 23.8 Å². The quantitative estimate of drug-likeness (QED) is 0.675. The van der Waals surface area contributed by atoms with E-state index in [-0.39, 0.29) is 17.7 Å². The molecule has 100 valence electrons. The maximum atomic E-state index is 12.4. The van der Waals surface area contributed by atoms with E-state index in [1.54, 1.807) is 6.08 Å². The molecule has 0 spiro atoms. The van der Waals surface area contributed by atoms with E-state index < -0.39 is 12.3 Å². The summed E-state index contributed by atoms with van der Waals surface area (Å²) in [4.78, 5) is 25.7. The van der Waals surface area contributed by atoms with Crippen LogP contribution in [0.2, 0.25) is 0 Å². The van der Waals surface area contributed by atoms with Crippen molar-refractivity contribution in [2.75, 3.05) is 0 Å². The molecule has 3 aliphatic rings. The van der Waals surface area contributed by atoms with Crippen molar-refractivity contribution in [1.29, 1.82) is 0 Å². The fraction of sp³-hybridized carbons (Fsp3) is 0.462. The summed E-state index contributed by atoms with van der Waals surface area (Å²) in [5.74, 6) is -0.392. The zero-order valence-electron chi connectivity index (χ0n) is 10.2. The predicted molar refractivity (Wildman–Crippen MR) is 71.9 cm³/mol. The molecule has 0 radical (unpaired) electrons. The van der Waals surface area contributed by atoms with Gasteiger partial charge in [0.05, 0.1) is 11.0 Å². The fourth-order valence-electron chi connectivity index (χ4n) is 2.85. The Hall–Kier alpha value is -1.53. The number of fused-ring (bicyclic) bond motifs is 1. The first-order valence-electron chi connectivity index (χ1n) is 6.31. The molecule has 0 saturated carbocycles. The molecule has 5 nitrogen and oxygen atoms in total. The number of aliphatic hydroxyl groups excluding tert-OH is 1. The number of allylic oxidation sites excluding steroid dienone is 3. The fourth-order valence-corrected chi connectivity index (χ4v) is 3.29. The highest BCUT2D eigenvalue weighted by molar-refractivity contribution is 7.80. The largest absolute Gasteiger partial charge is 0.372 e. The van der Waals surface area contributed by atoms with Crippen LogP contribution in [0.3, 0.4) is 0 Å². The molecule has 0 bridgehead atoms. The van der Waals surface area contributed by atoms with Crippen LogP contribution in [-0.4, -0.2) is 39.1 Å². The van der Waals surface area contributed by atoms with Gasteiger partial charge in [0.25, 0.3) is 5.91 Å². The highest BCUT2D eigenvalue weighted by atomic mass is 32.1. The van der Waals surface area contributed by atoms with Crippen molar-refractivity contribution in [3.8, 4) is 0 Å². The molecule has 0 aromatic carbocycles. The Morgan fingerprint density at radius 3 is 2.89 bits per heavy atom. The van der Waals surface area contributed by atoms with Crippen LogP contribution in [0.5, 0.6) is 0 Å². The van der Waals surface area contributed by atoms with Crippen LogP contribution in [-0.2, 0) is 9.59 Å². The Bertz CT molecular complexity index is 526. The lowest BCUT2D eigenvalue weighted by Gasteiger charge is -2.35. The molecule has 6 heteroatoms. The highest BCUT2D eigenvalue weighted by Gasteiger charge is 2.46. The van der Waals surface area contributed by atoms with E-state index in [1.165, 1.54) is 4.90 Å². The van der Waals surface area contributed by atoms with Gasteiger partial charge in [-0.15, -0.1) is 0 Å². The van der Waals surface area contributed by atoms with Gasteiger partial charge in [-0.3, -0.25) is 14.5 Å². The summed E-state index contributed by atoms with van der Waals surface area (Å²) in [6, 6.07) is -0.454. The van der Waals surface area contributed by atoms with E-state index in [4.69, 9.17) is 12.2 Å². The van der Waals surface area contributed by atoms with Crippen LogP contribution in [0.1, 0.15) is 19.3 Å². The number of hydrogen-bond donors (Lipinski definition) is 2. The Morgan fingerprint density at radius 1 is 1.42 bits per heavy atom. The molecule has 3 unspecified atom stereocenters. The molecular weight excluding hydrogens is 264 g/mol. The number of nitrogens with zero attached hydrogens (tertiary/aromatic N) is 1. The summed E-state index contributed by atoms with van der Waals surface area (Å²) >= 11 is 5.39. The average Bonchev–Trinajstić information content (AvgIpc) is 2.64. The molecule has 2 amide bonds. The van der Waals surface area contributed by atoms with Crippen molar-refractivity contribution in [3.63, 3.8) is 0 Å². The maximum absolute atomic E-state index is 12.4. The van der Waals surface area contributed by atoms with Gasteiger partial charge in [0.1, 0.15) is 6.23 Å². The van der Waals surface area contributed by atoms with Crippen molar-refractivity contribution in [1.82, 2.24) is 10.2 Å². The smallest absolute Gasteiger partial charge is 0.255 e. The van der Waals surface area contributed by atoms with Gasteiger partial charge in [-0.05, 0) is 12.8 Å². The SMILES string of the molecule is O=C1CCC(N2C(=O)C3=CC=CCC3C2=S)C(O)N1. The normalized spacial score (nSPS) is 34.2. The summed E-state index contributed by atoms with van der Waals surface area (Å²) in [6.07, 6.45) is 6.05. The number of likely N-dealkylation sites (tertiary alicyclic amines) is 1. The van der Waals surface area contributed by atoms with E-state index in [9.17, 15) is 14.7 Å². The number of carbonyl (C=O) groups excluding carboxylic acids is 2. The minimum Gasteiger partial charge on any atom is -0.372 e. The first-order valence-corrected chi connectivity index (χ1v) is 6.72. The molecule has 2 heterocycles. The van der Waals surface area contributed by atoms with E-state index in [0.717, 1.165) is 6.42 Å². The summed E-state index contributed by atoms with van der Waals surface area (Å²) in [6.45, 7) is 0. The maximum Gasteiger partial charge on any atom is 0.255 e. The first kappa shape index (κ1) is 12.5. The van der Waals surface area contributed by atoms with Gasteiger partial charge in [-0.1, -0.05) is 30.4 Å². The van der Waals surface area contributed by atoms with Gasteiger partial charge in [0, 0.05) is 17.9 Å². The van der Waals surface area contributed by atoms with E-state index in [1.807, 2.05) is 12.2 Å². The Kier molecular flexibility index (Phi) is 2.99. The van der Waals surface area contributed by atoms with Gasteiger partial charge in [-0.25, -0.2) is 0 Å².